The predicted octanol–water partition coefficient (Wildman–Crippen LogP) is 5.74. The highest BCUT2D eigenvalue weighted by Gasteiger charge is 2.31. The van der Waals surface area contributed by atoms with E-state index in [2.05, 4.69) is 56.1 Å². The molecule has 140 valence electrons. The Kier molecular flexibility index (Phi) is 6.18. The van der Waals surface area contributed by atoms with Gasteiger partial charge < -0.3 is 10.1 Å². The highest BCUT2D eigenvalue weighted by Crippen LogP contribution is 2.35. The van der Waals surface area contributed by atoms with Gasteiger partial charge in [-0.15, -0.1) is 0 Å². The molecule has 2 aliphatic carbocycles. The van der Waals surface area contributed by atoms with Gasteiger partial charge in [-0.1, -0.05) is 60.6 Å². The fourth-order valence-electron chi connectivity index (χ4n) is 4.25. The Labute approximate surface area is 157 Å². The monoisotopic (exact) mass is 353 g/mol. The van der Waals surface area contributed by atoms with Gasteiger partial charge in [-0.2, -0.15) is 0 Å². The van der Waals surface area contributed by atoms with Crippen molar-refractivity contribution in [1.29, 1.82) is 0 Å². The van der Waals surface area contributed by atoms with E-state index in [9.17, 15) is 4.79 Å². The third-order valence-corrected chi connectivity index (χ3v) is 5.97. The van der Waals surface area contributed by atoms with Crippen LogP contribution in [0, 0.1) is 5.92 Å². The second kappa shape index (κ2) is 8.57. The van der Waals surface area contributed by atoms with Crippen molar-refractivity contribution < 1.29 is 9.53 Å². The zero-order valence-electron chi connectivity index (χ0n) is 16.0. The van der Waals surface area contributed by atoms with E-state index in [-0.39, 0.29) is 18.2 Å². The van der Waals surface area contributed by atoms with E-state index in [1.54, 1.807) is 0 Å². The fraction of sp³-hybridized carbons (Fsp3) is 0.522. The number of hydrogen-bond acceptors (Lipinski definition) is 2. The molecule has 26 heavy (non-hydrogen) atoms. The van der Waals surface area contributed by atoms with Crippen LogP contribution in [0.4, 0.5) is 4.79 Å². The van der Waals surface area contributed by atoms with E-state index in [4.69, 9.17) is 4.74 Å². The van der Waals surface area contributed by atoms with E-state index in [0.717, 1.165) is 32.1 Å². The first kappa shape index (κ1) is 18.8. The minimum Gasteiger partial charge on any atom is -0.446 e. The minimum atomic E-state index is -0.280. The Hall–Kier alpha value is -2.03. The molecular formula is C23H31NO2. The molecule has 0 heterocycles. The molecule has 3 heteroatoms. The van der Waals surface area contributed by atoms with Gasteiger partial charge in [0.15, 0.2) is 0 Å². The number of carbonyl (C=O) groups excluding carboxylic acids is 1. The smallest absolute Gasteiger partial charge is 0.407 e. The number of alkyl carbamates (subject to hydrolysis) is 1. The molecule has 1 aromatic carbocycles. The van der Waals surface area contributed by atoms with E-state index >= 15 is 0 Å². The summed E-state index contributed by atoms with van der Waals surface area (Å²) in [4.78, 5) is 12.6. The van der Waals surface area contributed by atoms with Crippen molar-refractivity contribution in [3.8, 4) is 0 Å². The zero-order valence-corrected chi connectivity index (χ0v) is 16.0. The van der Waals surface area contributed by atoms with Crippen LogP contribution in [0.5, 0.6) is 0 Å². The van der Waals surface area contributed by atoms with Crippen molar-refractivity contribution in [3.63, 3.8) is 0 Å². The normalized spacial score (nSPS) is 28.8. The average Bonchev–Trinajstić information content (AvgIpc) is 2.64. The number of rotatable bonds is 4. The lowest BCUT2D eigenvalue weighted by Crippen LogP contribution is -2.42. The lowest BCUT2D eigenvalue weighted by molar-refractivity contribution is 0.0590. The topological polar surface area (TPSA) is 38.3 Å². The van der Waals surface area contributed by atoms with Gasteiger partial charge in [0.1, 0.15) is 6.10 Å². The molecule has 0 radical (unpaired) electrons. The van der Waals surface area contributed by atoms with Crippen LogP contribution in [0.2, 0.25) is 0 Å². The van der Waals surface area contributed by atoms with Crippen LogP contribution < -0.4 is 5.32 Å². The molecule has 0 aromatic heterocycles. The molecule has 0 saturated heterocycles. The Bertz CT molecular complexity index is 664. The maximum absolute atomic E-state index is 12.6. The van der Waals surface area contributed by atoms with Crippen molar-refractivity contribution in [3.05, 3.63) is 59.7 Å². The lowest BCUT2D eigenvalue weighted by Gasteiger charge is -2.33. The van der Waals surface area contributed by atoms with Gasteiger partial charge in [0.05, 0.1) is 6.04 Å². The molecule has 3 rings (SSSR count). The third-order valence-electron chi connectivity index (χ3n) is 5.97. The second-order valence-corrected chi connectivity index (χ2v) is 7.91. The van der Waals surface area contributed by atoms with Gasteiger partial charge >= 0.3 is 6.09 Å². The van der Waals surface area contributed by atoms with Crippen LogP contribution in [-0.4, -0.2) is 18.2 Å². The number of carbonyl (C=O) groups is 1. The summed E-state index contributed by atoms with van der Waals surface area (Å²) in [5.41, 5.74) is 3.69. The molecule has 0 aliphatic heterocycles. The molecule has 0 bridgehead atoms. The van der Waals surface area contributed by atoms with Gasteiger partial charge in [-0.25, -0.2) is 4.79 Å². The highest BCUT2D eigenvalue weighted by molar-refractivity contribution is 5.68. The summed E-state index contributed by atoms with van der Waals surface area (Å²) in [5.74, 6) is 0.748. The van der Waals surface area contributed by atoms with Crippen LogP contribution in [0.15, 0.2) is 54.1 Å². The molecule has 1 fully saturated rings. The van der Waals surface area contributed by atoms with Gasteiger partial charge in [-0.3, -0.25) is 0 Å². The fourth-order valence-corrected chi connectivity index (χ4v) is 4.25. The largest absolute Gasteiger partial charge is 0.446 e. The van der Waals surface area contributed by atoms with E-state index in [0.29, 0.717) is 11.8 Å². The maximum Gasteiger partial charge on any atom is 0.407 e. The molecule has 4 atom stereocenters. The molecular weight excluding hydrogens is 322 g/mol. The number of amides is 1. The van der Waals surface area contributed by atoms with Gasteiger partial charge in [0, 0.05) is 5.92 Å². The van der Waals surface area contributed by atoms with Crippen LogP contribution in [0.25, 0.3) is 0 Å². The molecule has 3 nitrogen and oxygen atoms in total. The Balaban J connectivity index is 1.62. The zero-order chi connectivity index (χ0) is 18.5. The molecule has 1 aromatic rings. The second-order valence-electron chi connectivity index (χ2n) is 7.91. The third kappa shape index (κ3) is 4.57. The maximum atomic E-state index is 12.6. The summed E-state index contributed by atoms with van der Waals surface area (Å²) in [6, 6.07) is 10.5. The van der Waals surface area contributed by atoms with Crippen LogP contribution in [0.1, 0.15) is 63.9 Å². The first-order valence-corrected chi connectivity index (χ1v) is 9.88. The van der Waals surface area contributed by atoms with Crippen molar-refractivity contribution in [2.45, 2.75) is 70.4 Å². The number of allylic oxidation sites excluding steroid dienone is 2. The molecule has 2 aliphatic rings. The van der Waals surface area contributed by atoms with Gasteiger partial charge in [-0.05, 0) is 57.4 Å². The average molecular weight is 354 g/mol. The SMILES string of the molecule is C=C(C)[C@H]1CC=C(C)[C@H](NC(=O)O[C@@H]2CCCC[C@H]2c2ccccc2)C1. The first-order valence-electron chi connectivity index (χ1n) is 9.88. The highest BCUT2D eigenvalue weighted by atomic mass is 16.6. The van der Waals surface area contributed by atoms with Crippen LogP contribution >= 0.6 is 0 Å². The summed E-state index contributed by atoms with van der Waals surface area (Å²) in [6.45, 7) is 8.24. The summed E-state index contributed by atoms with van der Waals surface area (Å²) in [7, 11) is 0. The Morgan fingerprint density at radius 2 is 1.92 bits per heavy atom. The van der Waals surface area contributed by atoms with Crippen molar-refractivity contribution >= 4 is 6.09 Å². The summed E-state index contributed by atoms with van der Waals surface area (Å²) < 4.78 is 5.91. The molecule has 0 spiro atoms. The summed E-state index contributed by atoms with van der Waals surface area (Å²) in [6.07, 6.45) is 8.21. The van der Waals surface area contributed by atoms with Crippen LogP contribution in [-0.2, 0) is 4.74 Å². The minimum absolute atomic E-state index is 0.0315. The number of nitrogens with one attached hydrogen (secondary N) is 1. The molecule has 1 saturated carbocycles. The summed E-state index contributed by atoms with van der Waals surface area (Å²) in [5, 5.41) is 3.10. The molecule has 0 unspecified atom stereocenters. The van der Waals surface area contributed by atoms with E-state index < -0.39 is 0 Å². The first-order chi connectivity index (χ1) is 12.5. The molecule has 1 amide bonds. The number of hydrogen-bond donors (Lipinski definition) is 1. The number of ether oxygens (including phenoxy) is 1. The number of benzene rings is 1. The van der Waals surface area contributed by atoms with Crippen molar-refractivity contribution in [1.82, 2.24) is 5.32 Å². The Morgan fingerprint density at radius 1 is 1.19 bits per heavy atom. The van der Waals surface area contributed by atoms with E-state index in [1.807, 2.05) is 6.07 Å². The quantitative estimate of drug-likeness (QED) is 0.701. The summed E-state index contributed by atoms with van der Waals surface area (Å²) >= 11 is 0. The van der Waals surface area contributed by atoms with Gasteiger partial charge in [0.2, 0.25) is 0 Å². The van der Waals surface area contributed by atoms with Crippen molar-refractivity contribution in [2.24, 2.45) is 5.92 Å². The van der Waals surface area contributed by atoms with E-state index in [1.165, 1.54) is 23.1 Å². The Morgan fingerprint density at radius 3 is 2.65 bits per heavy atom. The lowest BCUT2D eigenvalue weighted by atomic mass is 9.81. The van der Waals surface area contributed by atoms with Crippen molar-refractivity contribution in [2.75, 3.05) is 0 Å². The van der Waals surface area contributed by atoms with Crippen LogP contribution in [0.3, 0.4) is 0 Å². The molecule has 1 N–H and O–H groups in total. The van der Waals surface area contributed by atoms with Gasteiger partial charge in [0.25, 0.3) is 0 Å². The standard InChI is InChI=1S/C23H31NO2/c1-16(2)19-14-13-17(3)21(15-19)24-23(25)26-22-12-8-7-11-20(22)18-9-5-4-6-10-18/h4-6,9-10,13,19-22H,1,7-8,11-12,14-15H2,2-3H3,(H,24,25)/t19-,20-,21+,22+/m0/s1. The predicted molar refractivity (Wildman–Crippen MR) is 106 cm³/mol.